The minimum atomic E-state index is 0.445. The van der Waals surface area contributed by atoms with E-state index in [1.54, 1.807) is 19.6 Å². The second-order valence-electron chi connectivity index (χ2n) is 5.57. The molecule has 5 heteroatoms. The molecule has 122 valence electrons. The van der Waals surface area contributed by atoms with Crippen molar-refractivity contribution in [3.63, 3.8) is 0 Å². The first-order valence-corrected chi connectivity index (χ1v) is 7.87. The van der Waals surface area contributed by atoms with Gasteiger partial charge in [0.2, 0.25) is 0 Å². The van der Waals surface area contributed by atoms with Gasteiger partial charge in [-0.1, -0.05) is 12.1 Å². The van der Waals surface area contributed by atoms with E-state index < -0.39 is 0 Å². The number of allylic oxidation sites excluding steroid dienone is 1. The largest absolute Gasteiger partial charge is 0.493 e. The number of nitrogens with zero attached hydrogens (tertiary/aromatic N) is 3. The lowest BCUT2D eigenvalue weighted by Gasteiger charge is -2.18. The fraction of sp³-hybridized carbons (Fsp3) is 0.263. The lowest BCUT2D eigenvalue weighted by molar-refractivity contribution is 0.318. The average Bonchev–Trinajstić information content (AvgIpc) is 3.13. The smallest absolute Gasteiger partial charge is 0.168 e. The summed E-state index contributed by atoms with van der Waals surface area (Å²) < 4.78 is 13.1. The number of imidazole rings is 1. The Hall–Kier alpha value is -3.00. The first-order valence-electron chi connectivity index (χ1n) is 7.87. The summed E-state index contributed by atoms with van der Waals surface area (Å²) >= 11 is 0. The van der Waals surface area contributed by atoms with Gasteiger partial charge in [0.15, 0.2) is 11.5 Å². The van der Waals surface area contributed by atoms with Crippen LogP contribution in [0.4, 0.5) is 0 Å². The number of aryl methyl sites for hydroxylation is 1. The van der Waals surface area contributed by atoms with E-state index in [1.165, 1.54) is 0 Å². The Bertz CT molecular complexity index is 799. The summed E-state index contributed by atoms with van der Waals surface area (Å²) in [4.78, 5) is 4.02. The van der Waals surface area contributed by atoms with Gasteiger partial charge in [-0.15, -0.1) is 0 Å². The SMILES string of the molecule is COc1cccc2c1OCC(C=C(C#N)CCCn1ccnc1)=C2. The van der Waals surface area contributed by atoms with Gasteiger partial charge in [-0.2, -0.15) is 5.26 Å². The van der Waals surface area contributed by atoms with Gasteiger partial charge < -0.3 is 14.0 Å². The molecular weight excluding hydrogens is 302 g/mol. The highest BCUT2D eigenvalue weighted by Crippen LogP contribution is 2.35. The summed E-state index contributed by atoms with van der Waals surface area (Å²) in [6.45, 7) is 1.30. The van der Waals surface area contributed by atoms with E-state index in [0.29, 0.717) is 6.61 Å². The molecule has 2 heterocycles. The number of hydrogen-bond acceptors (Lipinski definition) is 4. The molecule has 5 nitrogen and oxygen atoms in total. The second-order valence-corrected chi connectivity index (χ2v) is 5.57. The van der Waals surface area contributed by atoms with E-state index in [2.05, 4.69) is 17.1 Å². The van der Waals surface area contributed by atoms with Crippen molar-refractivity contribution in [1.29, 1.82) is 5.26 Å². The van der Waals surface area contributed by atoms with Crippen molar-refractivity contribution in [1.82, 2.24) is 9.55 Å². The second kappa shape index (κ2) is 7.51. The zero-order valence-corrected chi connectivity index (χ0v) is 13.6. The van der Waals surface area contributed by atoms with Crippen molar-refractivity contribution in [2.45, 2.75) is 19.4 Å². The molecule has 0 saturated heterocycles. The van der Waals surface area contributed by atoms with Crippen molar-refractivity contribution < 1.29 is 9.47 Å². The topological polar surface area (TPSA) is 60.1 Å². The van der Waals surface area contributed by atoms with E-state index in [9.17, 15) is 5.26 Å². The van der Waals surface area contributed by atoms with Crippen LogP contribution in [0.3, 0.4) is 0 Å². The summed E-state index contributed by atoms with van der Waals surface area (Å²) in [7, 11) is 1.63. The first kappa shape index (κ1) is 15.9. The number of rotatable bonds is 6. The average molecular weight is 321 g/mol. The van der Waals surface area contributed by atoms with E-state index in [4.69, 9.17) is 9.47 Å². The molecule has 2 aromatic rings. The predicted molar refractivity (Wildman–Crippen MR) is 91.6 cm³/mol. The highest BCUT2D eigenvalue weighted by Gasteiger charge is 2.15. The number of benzene rings is 1. The number of para-hydroxylation sites is 1. The Morgan fingerprint density at radius 1 is 1.50 bits per heavy atom. The molecular formula is C19H19N3O2. The van der Waals surface area contributed by atoms with Gasteiger partial charge in [-0.25, -0.2) is 4.98 Å². The molecule has 1 aliphatic heterocycles. The Kier molecular flexibility index (Phi) is 4.97. The molecule has 1 aromatic carbocycles. The molecule has 0 atom stereocenters. The van der Waals surface area contributed by atoms with Crippen LogP contribution in [0.15, 0.2) is 54.1 Å². The molecule has 0 saturated carbocycles. The molecule has 0 unspecified atom stereocenters. The zero-order chi connectivity index (χ0) is 16.8. The lowest BCUT2D eigenvalue weighted by Crippen LogP contribution is -2.07. The minimum Gasteiger partial charge on any atom is -0.493 e. The van der Waals surface area contributed by atoms with Crippen LogP contribution in [0, 0.1) is 11.3 Å². The molecule has 0 N–H and O–H groups in total. The fourth-order valence-corrected chi connectivity index (χ4v) is 2.70. The first-order chi connectivity index (χ1) is 11.8. The Balaban J connectivity index is 1.69. The summed E-state index contributed by atoms with van der Waals surface area (Å²) in [6.07, 6.45) is 11.1. The minimum absolute atomic E-state index is 0.445. The van der Waals surface area contributed by atoms with Gasteiger partial charge in [0.1, 0.15) is 6.61 Å². The van der Waals surface area contributed by atoms with Gasteiger partial charge in [-0.05, 0) is 36.6 Å². The maximum Gasteiger partial charge on any atom is 0.168 e. The predicted octanol–water partition coefficient (Wildman–Crippen LogP) is 3.60. The monoisotopic (exact) mass is 321 g/mol. The number of aromatic nitrogens is 2. The van der Waals surface area contributed by atoms with Crippen molar-refractivity contribution >= 4 is 6.08 Å². The fourth-order valence-electron chi connectivity index (χ4n) is 2.70. The lowest BCUT2D eigenvalue weighted by atomic mass is 10.0. The number of ether oxygens (including phenoxy) is 2. The van der Waals surface area contributed by atoms with Crippen LogP contribution in [0.1, 0.15) is 18.4 Å². The molecule has 24 heavy (non-hydrogen) atoms. The van der Waals surface area contributed by atoms with Crippen LogP contribution in [-0.4, -0.2) is 23.3 Å². The Morgan fingerprint density at radius 2 is 2.42 bits per heavy atom. The van der Waals surface area contributed by atoms with Crippen LogP contribution in [0.5, 0.6) is 11.5 Å². The molecule has 0 amide bonds. The third-order valence-electron chi connectivity index (χ3n) is 3.88. The quantitative estimate of drug-likeness (QED) is 0.763. The van der Waals surface area contributed by atoms with Crippen LogP contribution >= 0.6 is 0 Å². The van der Waals surface area contributed by atoms with Crippen LogP contribution in [0.25, 0.3) is 6.08 Å². The highest BCUT2D eigenvalue weighted by molar-refractivity contribution is 5.68. The van der Waals surface area contributed by atoms with E-state index >= 15 is 0 Å². The molecule has 1 aromatic heterocycles. The molecule has 0 bridgehead atoms. The Labute approximate surface area is 141 Å². The highest BCUT2D eigenvalue weighted by atomic mass is 16.5. The third kappa shape index (κ3) is 3.66. The summed E-state index contributed by atoms with van der Waals surface area (Å²) in [5.41, 5.74) is 2.73. The number of methoxy groups -OCH3 is 1. The van der Waals surface area contributed by atoms with Crippen molar-refractivity contribution in [2.24, 2.45) is 0 Å². The normalized spacial score (nSPS) is 13.5. The van der Waals surface area contributed by atoms with E-state index in [1.807, 2.05) is 35.0 Å². The van der Waals surface area contributed by atoms with E-state index in [-0.39, 0.29) is 0 Å². The van der Waals surface area contributed by atoms with Gasteiger partial charge >= 0.3 is 0 Å². The van der Waals surface area contributed by atoms with Crippen molar-refractivity contribution in [3.8, 4) is 17.6 Å². The molecule has 1 aliphatic rings. The third-order valence-corrected chi connectivity index (χ3v) is 3.88. The maximum atomic E-state index is 9.37. The molecule has 0 aliphatic carbocycles. The summed E-state index contributed by atoms with van der Waals surface area (Å²) in [5, 5.41) is 9.37. The number of nitriles is 1. The maximum absolute atomic E-state index is 9.37. The molecule has 0 spiro atoms. The van der Waals surface area contributed by atoms with Crippen molar-refractivity contribution in [2.75, 3.05) is 13.7 Å². The van der Waals surface area contributed by atoms with Crippen LogP contribution in [-0.2, 0) is 6.54 Å². The van der Waals surface area contributed by atoms with Gasteiger partial charge in [0.05, 0.1) is 19.5 Å². The van der Waals surface area contributed by atoms with Crippen molar-refractivity contribution in [3.05, 3.63) is 59.7 Å². The summed E-state index contributed by atoms with van der Waals surface area (Å²) in [6, 6.07) is 8.08. The van der Waals surface area contributed by atoms with Crippen LogP contribution in [0.2, 0.25) is 0 Å². The van der Waals surface area contributed by atoms with Gasteiger partial charge in [0, 0.05) is 30.1 Å². The standard InChI is InChI=1S/C19H19N3O2/c1-23-18-6-2-5-17-11-16(13-24-19(17)18)10-15(12-20)4-3-8-22-9-7-21-14-22/h2,5-7,9-11,14H,3-4,8,13H2,1H3. The Morgan fingerprint density at radius 3 is 3.17 bits per heavy atom. The van der Waals surface area contributed by atoms with Gasteiger partial charge in [0.25, 0.3) is 0 Å². The zero-order valence-electron chi connectivity index (χ0n) is 13.6. The van der Waals surface area contributed by atoms with Gasteiger partial charge in [-0.3, -0.25) is 0 Å². The summed E-state index contributed by atoms with van der Waals surface area (Å²) in [5.74, 6) is 1.49. The molecule has 3 rings (SSSR count). The molecule has 0 fully saturated rings. The van der Waals surface area contributed by atoms with E-state index in [0.717, 1.165) is 47.6 Å². The number of fused-ring (bicyclic) bond motifs is 1. The number of hydrogen-bond donors (Lipinski definition) is 0. The van der Waals surface area contributed by atoms with Crippen LogP contribution < -0.4 is 9.47 Å². The molecule has 0 radical (unpaired) electrons.